The molecule has 0 aliphatic carbocycles. The van der Waals surface area contributed by atoms with Crippen LogP contribution < -0.4 is 27.0 Å². The summed E-state index contributed by atoms with van der Waals surface area (Å²) in [7, 11) is 0. The van der Waals surface area contributed by atoms with Gasteiger partial charge in [-0.05, 0) is 37.0 Å². The average molecular weight is 540 g/mol. The fourth-order valence-corrected chi connectivity index (χ4v) is 3.34. The number of aliphatic carboxylic acids is 1. The number of aromatic hydroxyl groups is 1. The molecule has 5 atom stereocenters. The van der Waals surface area contributed by atoms with Gasteiger partial charge >= 0.3 is 5.97 Å². The molecule has 0 radical (unpaired) electrons. The zero-order chi connectivity index (χ0) is 29.0. The van der Waals surface area contributed by atoms with Gasteiger partial charge in [-0.3, -0.25) is 19.2 Å². The van der Waals surface area contributed by atoms with E-state index < -0.39 is 73.0 Å². The molecule has 0 unspecified atom stereocenters. The molecule has 0 bridgehead atoms. The minimum atomic E-state index is -1.67. The molecule has 0 fully saturated rings. The third kappa shape index (κ3) is 11.1. The van der Waals surface area contributed by atoms with Crippen molar-refractivity contribution >= 4 is 29.6 Å². The lowest BCUT2D eigenvalue weighted by atomic mass is 10.0. The molecule has 212 valence electrons. The topological polar surface area (TPSA) is 240 Å². The van der Waals surface area contributed by atoms with E-state index in [9.17, 15) is 44.4 Å². The number of nitrogens with one attached hydrogen (secondary N) is 4. The Kier molecular flexibility index (Phi) is 13.2. The van der Waals surface area contributed by atoms with Crippen molar-refractivity contribution in [2.75, 3.05) is 13.2 Å². The highest BCUT2D eigenvalue weighted by atomic mass is 16.4. The largest absolute Gasteiger partial charge is 0.508 e. The number of carboxylic acid groups (broad SMARTS) is 1. The van der Waals surface area contributed by atoms with Crippen LogP contribution in [0.5, 0.6) is 5.75 Å². The fraction of sp³-hybridized carbons (Fsp3) is 0.542. The maximum atomic E-state index is 12.9. The second-order valence-electron chi connectivity index (χ2n) is 9.25. The van der Waals surface area contributed by atoms with Crippen molar-refractivity contribution < 1.29 is 44.4 Å². The molecule has 0 aromatic heterocycles. The number of phenolic OH excluding ortho intramolecular Hbond substituents is 1. The molecular formula is C24H37N5O9. The van der Waals surface area contributed by atoms with Gasteiger partial charge in [-0.15, -0.1) is 0 Å². The summed E-state index contributed by atoms with van der Waals surface area (Å²) < 4.78 is 0. The number of aliphatic hydroxyl groups excluding tert-OH is 2. The number of hydrogen-bond acceptors (Lipinski definition) is 9. The molecule has 0 aliphatic rings. The zero-order valence-corrected chi connectivity index (χ0v) is 21.5. The zero-order valence-electron chi connectivity index (χ0n) is 21.5. The van der Waals surface area contributed by atoms with E-state index in [-0.39, 0.29) is 18.1 Å². The van der Waals surface area contributed by atoms with Crippen molar-refractivity contribution in [2.45, 2.75) is 63.9 Å². The van der Waals surface area contributed by atoms with Crippen LogP contribution in [0.15, 0.2) is 24.3 Å². The van der Waals surface area contributed by atoms with Crippen molar-refractivity contribution in [2.24, 2.45) is 11.7 Å². The number of hydrogen-bond donors (Lipinski definition) is 9. The summed E-state index contributed by atoms with van der Waals surface area (Å²) in [6.45, 7) is 3.56. The molecule has 0 saturated heterocycles. The number of carbonyl (C=O) groups excluding carboxylic acids is 4. The number of nitrogens with two attached hydrogens (primary N) is 1. The van der Waals surface area contributed by atoms with Crippen LogP contribution in [-0.4, -0.2) is 93.4 Å². The summed E-state index contributed by atoms with van der Waals surface area (Å²) in [6.07, 6.45) is -1.20. The highest BCUT2D eigenvalue weighted by Gasteiger charge is 2.31. The number of rotatable bonds is 15. The van der Waals surface area contributed by atoms with Crippen molar-refractivity contribution in [1.29, 1.82) is 0 Å². The monoisotopic (exact) mass is 539 g/mol. The number of carbonyl (C=O) groups is 5. The van der Waals surface area contributed by atoms with Gasteiger partial charge in [0.25, 0.3) is 0 Å². The van der Waals surface area contributed by atoms with E-state index in [4.69, 9.17) is 5.73 Å². The van der Waals surface area contributed by atoms with E-state index in [0.717, 1.165) is 0 Å². The molecule has 1 aromatic carbocycles. The molecule has 4 amide bonds. The number of carboxylic acids is 1. The predicted molar refractivity (Wildman–Crippen MR) is 134 cm³/mol. The highest BCUT2D eigenvalue weighted by Crippen LogP contribution is 2.12. The predicted octanol–water partition coefficient (Wildman–Crippen LogP) is -2.66. The van der Waals surface area contributed by atoms with Gasteiger partial charge < -0.3 is 47.4 Å². The maximum Gasteiger partial charge on any atom is 0.328 e. The van der Waals surface area contributed by atoms with Crippen LogP contribution in [-0.2, 0) is 30.4 Å². The van der Waals surface area contributed by atoms with Crippen LogP contribution >= 0.6 is 0 Å². The standard InChI is InChI=1S/C24H37N5O9/c1-12(2)8-16(25)21(34)26-10-19(33)27-18(11-30)23(36)28-17(9-14-4-6-15(32)7-5-14)22(35)29-20(13(3)31)24(37)38/h4-7,12-13,16-18,20,30-32H,8-11,25H2,1-3H3,(H,26,34)(H,27,33)(H,28,36)(H,29,35)(H,37,38)/t13-,16+,17+,18+,20+/m1/s1. The lowest BCUT2D eigenvalue weighted by molar-refractivity contribution is -0.145. The van der Waals surface area contributed by atoms with Gasteiger partial charge in [0.1, 0.15) is 17.8 Å². The molecule has 1 rings (SSSR count). The van der Waals surface area contributed by atoms with Gasteiger partial charge in [-0.2, -0.15) is 0 Å². The Hall–Kier alpha value is -3.75. The van der Waals surface area contributed by atoms with Crippen LogP contribution in [0.2, 0.25) is 0 Å². The number of phenols is 1. The van der Waals surface area contributed by atoms with Gasteiger partial charge in [0, 0.05) is 6.42 Å². The number of benzene rings is 1. The second-order valence-corrected chi connectivity index (χ2v) is 9.25. The smallest absolute Gasteiger partial charge is 0.328 e. The third-order valence-corrected chi connectivity index (χ3v) is 5.37. The Morgan fingerprint density at radius 3 is 1.97 bits per heavy atom. The Morgan fingerprint density at radius 2 is 1.47 bits per heavy atom. The molecule has 10 N–H and O–H groups in total. The summed E-state index contributed by atoms with van der Waals surface area (Å²) in [6, 6.07) is 0.265. The van der Waals surface area contributed by atoms with Crippen LogP contribution in [0.25, 0.3) is 0 Å². The Balaban J connectivity index is 2.92. The Labute approximate surface area is 220 Å². The summed E-state index contributed by atoms with van der Waals surface area (Å²) in [4.78, 5) is 61.3. The van der Waals surface area contributed by atoms with Crippen LogP contribution in [0.3, 0.4) is 0 Å². The maximum absolute atomic E-state index is 12.9. The Morgan fingerprint density at radius 1 is 0.895 bits per heavy atom. The minimum absolute atomic E-state index is 0.0425. The number of aliphatic hydroxyl groups is 2. The first-order valence-electron chi connectivity index (χ1n) is 12.0. The van der Waals surface area contributed by atoms with E-state index in [1.54, 1.807) is 0 Å². The lowest BCUT2D eigenvalue weighted by Gasteiger charge is -2.25. The van der Waals surface area contributed by atoms with Gasteiger partial charge in [0.15, 0.2) is 6.04 Å². The summed E-state index contributed by atoms with van der Waals surface area (Å²) >= 11 is 0. The van der Waals surface area contributed by atoms with Crippen LogP contribution in [0.4, 0.5) is 0 Å². The molecule has 0 saturated carbocycles. The highest BCUT2D eigenvalue weighted by molar-refractivity contribution is 5.94. The average Bonchev–Trinajstić information content (AvgIpc) is 2.83. The van der Waals surface area contributed by atoms with E-state index in [1.807, 2.05) is 13.8 Å². The molecular weight excluding hydrogens is 502 g/mol. The van der Waals surface area contributed by atoms with Gasteiger partial charge in [0.05, 0.1) is 25.3 Å². The van der Waals surface area contributed by atoms with Gasteiger partial charge in [0.2, 0.25) is 23.6 Å². The normalized spacial score (nSPS) is 14.9. The fourth-order valence-electron chi connectivity index (χ4n) is 3.34. The second kappa shape index (κ2) is 15.5. The van der Waals surface area contributed by atoms with Crippen LogP contribution in [0.1, 0.15) is 32.8 Å². The molecule has 38 heavy (non-hydrogen) atoms. The molecule has 1 aromatic rings. The van der Waals surface area contributed by atoms with Crippen LogP contribution in [0, 0.1) is 5.92 Å². The van der Waals surface area contributed by atoms with Gasteiger partial charge in [-0.1, -0.05) is 26.0 Å². The molecule has 0 aliphatic heterocycles. The number of amides is 4. The van der Waals surface area contributed by atoms with E-state index in [1.165, 1.54) is 31.2 Å². The summed E-state index contributed by atoms with van der Waals surface area (Å²) in [5.41, 5.74) is 6.24. The van der Waals surface area contributed by atoms with Crippen molar-refractivity contribution in [3.63, 3.8) is 0 Å². The van der Waals surface area contributed by atoms with Gasteiger partial charge in [-0.25, -0.2) is 4.79 Å². The quantitative estimate of drug-likeness (QED) is 0.112. The Bertz CT molecular complexity index is 969. The summed E-state index contributed by atoms with van der Waals surface area (Å²) in [5.74, 6) is -4.66. The van der Waals surface area contributed by atoms with E-state index in [2.05, 4.69) is 21.3 Å². The first kappa shape index (κ1) is 32.3. The van der Waals surface area contributed by atoms with E-state index >= 15 is 0 Å². The molecule has 14 nitrogen and oxygen atoms in total. The van der Waals surface area contributed by atoms with Crippen molar-refractivity contribution in [3.05, 3.63) is 29.8 Å². The molecule has 0 spiro atoms. The third-order valence-electron chi connectivity index (χ3n) is 5.37. The first-order valence-corrected chi connectivity index (χ1v) is 12.0. The first-order chi connectivity index (χ1) is 17.7. The lowest BCUT2D eigenvalue weighted by Crippen LogP contribution is -2.59. The SMILES string of the molecule is CC(C)C[C@H](N)C(=O)NCC(=O)N[C@@H](CO)C(=O)N[C@@H](Cc1ccc(O)cc1)C(=O)N[C@H](C(=O)O)[C@@H](C)O. The van der Waals surface area contributed by atoms with E-state index in [0.29, 0.717) is 12.0 Å². The minimum Gasteiger partial charge on any atom is -0.508 e. The molecule has 14 heteroatoms. The summed E-state index contributed by atoms with van der Waals surface area (Å²) in [5, 5.41) is 47.1. The molecule has 0 heterocycles. The van der Waals surface area contributed by atoms with Crippen molar-refractivity contribution in [1.82, 2.24) is 21.3 Å². The van der Waals surface area contributed by atoms with Crippen molar-refractivity contribution in [3.8, 4) is 5.75 Å².